The van der Waals surface area contributed by atoms with Gasteiger partial charge in [0.25, 0.3) is 0 Å². The lowest BCUT2D eigenvalue weighted by Gasteiger charge is -2.24. The van der Waals surface area contributed by atoms with Crippen LogP contribution in [-0.2, 0) is 0 Å². The molecule has 28 heavy (non-hydrogen) atoms. The monoisotopic (exact) mass is 367 g/mol. The number of fused-ring (bicyclic) bond motifs is 1. The van der Waals surface area contributed by atoms with E-state index in [0.29, 0.717) is 6.54 Å². The van der Waals surface area contributed by atoms with Gasteiger partial charge in [-0.3, -0.25) is 4.90 Å². The molecular weight excluding hydrogens is 346 g/mol. The minimum absolute atomic E-state index is 0.0589. The molecule has 1 atom stereocenters. The van der Waals surface area contributed by atoms with Crippen molar-refractivity contribution in [1.29, 1.82) is 0 Å². The van der Waals surface area contributed by atoms with Crippen LogP contribution in [0.1, 0.15) is 17.2 Å². The summed E-state index contributed by atoms with van der Waals surface area (Å²) in [5, 5.41) is 4.19. The number of carbonyl (C=O) groups excluding carboxylic acids is 1. The first kappa shape index (κ1) is 16.6. The summed E-state index contributed by atoms with van der Waals surface area (Å²) in [6.45, 7) is 2.67. The molecule has 0 spiro atoms. The lowest BCUT2D eigenvalue weighted by atomic mass is 9.97. The summed E-state index contributed by atoms with van der Waals surface area (Å²) in [6.07, 6.45) is 0. The van der Waals surface area contributed by atoms with Crippen LogP contribution in [-0.4, -0.2) is 17.6 Å². The number of anilines is 1. The van der Waals surface area contributed by atoms with Crippen molar-refractivity contribution >= 4 is 22.6 Å². The third kappa shape index (κ3) is 2.65. The number of aromatic amines is 1. The van der Waals surface area contributed by atoms with Gasteiger partial charge in [-0.2, -0.15) is 0 Å². The fraction of sp³-hybridized carbons (Fsp3) is 0.125. The molecule has 0 saturated carbocycles. The first-order chi connectivity index (χ1) is 13.7. The van der Waals surface area contributed by atoms with Gasteiger partial charge in [-0.05, 0) is 30.7 Å². The van der Waals surface area contributed by atoms with Gasteiger partial charge in [0.15, 0.2) is 0 Å². The number of benzene rings is 3. The number of hydrogen-bond acceptors (Lipinski definition) is 1. The summed E-state index contributed by atoms with van der Waals surface area (Å²) in [4.78, 5) is 18.2. The van der Waals surface area contributed by atoms with Crippen LogP contribution < -0.4 is 10.2 Å². The topological polar surface area (TPSA) is 48.1 Å². The summed E-state index contributed by atoms with van der Waals surface area (Å²) in [5.41, 5.74) is 6.57. The third-order valence-electron chi connectivity index (χ3n) is 5.43. The molecule has 1 unspecified atom stereocenters. The molecule has 1 saturated heterocycles. The van der Waals surface area contributed by atoms with Crippen LogP contribution in [0, 0.1) is 6.92 Å². The molecule has 1 aliphatic rings. The average molecular weight is 367 g/mol. The van der Waals surface area contributed by atoms with Gasteiger partial charge >= 0.3 is 6.03 Å². The fourth-order valence-corrected chi connectivity index (χ4v) is 4.08. The molecule has 138 valence electrons. The maximum absolute atomic E-state index is 12.7. The molecule has 3 aromatic carbocycles. The van der Waals surface area contributed by atoms with Crippen LogP contribution in [0.15, 0.2) is 78.9 Å². The fourth-order valence-electron chi connectivity index (χ4n) is 4.08. The SMILES string of the molecule is Cc1ccc(-c2[nH]c3ccccc3c2C2CNC(=O)N2c2ccccc2)cc1. The zero-order chi connectivity index (χ0) is 19.1. The Bertz CT molecular complexity index is 1150. The molecule has 1 aliphatic heterocycles. The van der Waals surface area contributed by atoms with E-state index >= 15 is 0 Å². The second-order valence-corrected chi connectivity index (χ2v) is 7.23. The first-order valence-corrected chi connectivity index (χ1v) is 9.52. The van der Waals surface area contributed by atoms with Crippen LogP contribution in [0.25, 0.3) is 22.2 Å². The minimum atomic E-state index is -0.0812. The summed E-state index contributed by atoms with van der Waals surface area (Å²) < 4.78 is 0. The highest BCUT2D eigenvalue weighted by Gasteiger charge is 2.36. The van der Waals surface area contributed by atoms with Crippen molar-refractivity contribution in [2.45, 2.75) is 13.0 Å². The Labute approximate surface area is 163 Å². The molecule has 2 amide bonds. The molecule has 4 heteroatoms. The van der Waals surface area contributed by atoms with Gasteiger partial charge in [-0.15, -0.1) is 0 Å². The number of hydrogen-bond donors (Lipinski definition) is 2. The van der Waals surface area contributed by atoms with E-state index in [2.05, 4.69) is 59.7 Å². The van der Waals surface area contributed by atoms with Gasteiger partial charge < -0.3 is 10.3 Å². The molecule has 1 fully saturated rings. The van der Waals surface area contributed by atoms with Crippen molar-refractivity contribution in [2.24, 2.45) is 0 Å². The largest absolute Gasteiger partial charge is 0.354 e. The maximum atomic E-state index is 12.7. The summed E-state index contributed by atoms with van der Waals surface area (Å²) in [6, 6.07) is 26.6. The second-order valence-electron chi connectivity index (χ2n) is 7.23. The van der Waals surface area contributed by atoms with Crippen molar-refractivity contribution < 1.29 is 4.79 Å². The lowest BCUT2D eigenvalue weighted by molar-refractivity contribution is 0.251. The maximum Gasteiger partial charge on any atom is 0.322 e. The Balaban J connectivity index is 1.72. The highest BCUT2D eigenvalue weighted by Crippen LogP contribution is 2.40. The van der Waals surface area contributed by atoms with Crippen LogP contribution in [0.3, 0.4) is 0 Å². The minimum Gasteiger partial charge on any atom is -0.354 e. The van der Waals surface area contributed by atoms with Gasteiger partial charge in [0, 0.05) is 28.7 Å². The molecule has 0 bridgehead atoms. The number of urea groups is 1. The first-order valence-electron chi connectivity index (χ1n) is 9.52. The van der Waals surface area contributed by atoms with Crippen LogP contribution in [0.4, 0.5) is 10.5 Å². The Morgan fingerprint density at radius 3 is 2.39 bits per heavy atom. The summed E-state index contributed by atoms with van der Waals surface area (Å²) in [7, 11) is 0. The Morgan fingerprint density at radius 2 is 1.61 bits per heavy atom. The standard InChI is InChI=1S/C24H21N3O/c1-16-11-13-17(14-12-16)23-22(19-9-5-6-10-20(19)26-23)21-15-25-24(28)27(21)18-7-3-2-4-8-18/h2-14,21,26H,15H2,1H3,(H,25,28). The van der Waals surface area contributed by atoms with Crippen molar-refractivity contribution in [2.75, 3.05) is 11.4 Å². The lowest BCUT2D eigenvalue weighted by Crippen LogP contribution is -2.29. The number of aromatic nitrogens is 1. The predicted octanol–water partition coefficient (Wildman–Crippen LogP) is 5.41. The summed E-state index contributed by atoms with van der Waals surface area (Å²) in [5.74, 6) is 0. The zero-order valence-electron chi connectivity index (χ0n) is 15.6. The van der Waals surface area contributed by atoms with E-state index in [1.807, 2.05) is 41.3 Å². The molecule has 0 radical (unpaired) electrons. The van der Waals surface area contributed by atoms with Crippen molar-refractivity contribution in [3.63, 3.8) is 0 Å². The number of nitrogens with one attached hydrogen (secondary N) is 2. The zero-order valence-corrected chi connectivity index (χ0v) is 15.6. The number of aryl methyl sites for hydroxylation is 1. The molecule has 1 aromatic heterocycles. The van der Waals surface area contributed by atoms with E-state index in [9.17, 15) is 4.79 Å². The highest BCUT2D eigenvalue weighted by molar-refractivity contribution is 5.99. The van der Waals surface area contributed by atoms with Crippen LogP contribution in [0.2, 0.25) is 0 Å². The molecule has 5 rings (SSSR count). The molecule has 0 aliphatic carbocycles. The van der Waals surface area contributed by atoms with Gasteiger partial charge in [0.1, 0.15) is 0 Å². The average Bonchev–Trinajstić information content (AvgIpc) is 3.29. The molecular formula is C24H21N3O. The van der Waals surface area contributed by atoms with Gasteiger partial charge in [0.05, 0.1) is 11.7 Å². The van der Waals surface area contributed by atoms with Crippen LogP contribution >= 0.6 is 0 Å². The summed E-state index contributed by atoms with van der Waals surface area (Å²) >= 11 is 0. The third-order valence-corrected chi connectivity index (χ3v) is 5.43. The van der Waals surface area contributed by atoms with Gasteiger partial charge in [-0.1, -0.05) is 66.2 Å². The van der Waals surface area contributed by atoms with E-state index in [0.717, 1.165) is 33.4 Å². The van der Waals surface area contributed by atoms with E-state index < -0.39 is 0 Å². The van der Waals surface area contributed by atoms with Gasteiger partial charge in [-0.25, -0.2) is 4.79 Å². The number of amides is 2. The van der Waals surface area contributed by atoms with Crippen molar-refractivity contribution in [3.8, 4) is 11.3 Å². The Kier molecular flexibility index (Phi) is 3.90. The van der Waals surface area contributed by atoms with E-state index in [4.69, 9.17) is 0 Å². The molecule has 2 N–H and O–H groups in total. The Morgan fingerprint density at radius 1 is 0.893 bits per heavy atom. The molecule has 2 heterocycles. The number of rotatable bonds is 3. The van der Waals surface area contributed by atoms with E-state index in [-0.39, 0.29) is 12.1 Å². The number of nitrogens with zero attached hydrogens (tertiary/aromatic N) is 1. The normalized spacial score (nSPS) is 16.5. The van der Waals surface area contributed by atoms with Crippen molar-refractivity contribution in [1.82, 2.24) is 10.3 Å². The van der Waals surface area contributed by atoms with Crippen LogP contribution in [0.5, 0.6) is 0 Å². The number of para-hydroxylation sites is 2. The highest BCUT2D eigenvalue weighted by atomic mass is 16.2. The van der Waals surface area contributed by atoms with Gasteiger partial charge in [0.2, 0.25) is 0 Å². The van der Waals surface area contributed by atoms with E-state index in [1.165, 1.54) is 5.56 Å². The predicted molar refractivity (Wildman–Crippen MR) is 114 cm³/mol. The van der Waals surface area contributed by atoms with E-state index in [1.54, 1.807) is 0 Å². The molecule has 4 nitrogen and oxygen atoms in total. The smallest absolute Gasteiger partial charge is 0.322 e. The molecule has 4 aromatic rings. The second kappa shape index (κ2) is 6.57. The quantitative estimate of drug-likeness (QED) is 0.499. The Hall–Kier alpha value is -3.53. The van der Waals surface area contributed by atoms with Crippen molar-refractivity contribution in [3.05, 3.63) is 90.0 Å². The number of carbonyl (C=O) groups is 1. The number of H-pyrrole nitrogens is 1.